The van der Waals surface area contributed by atoms with Crippen molar-refractivity contribution in [1.29, 1.82) is 0 Å². The summed E-state index contributed by atoms with van der Waals surface area (Å²) in [5.74, 6) is 0.258. The zero-order valence-corrected chi connectivity index (χ0v) is 16.7. The minimum absolute atomic E-state index is 0.0131. The average molecular weight is 376 g/mol. The van der Waals surface area contributed by atoms with Gasteiger partial charge < -0.3 is 14.7 Å². The molecular weight excluding hydrogens is 344 g/mol. The summed E-state index contributed by atoms with van der Waals surface area (Å²) in [6, 6.07) is 5.03. The van der Waals surface area contributed by atoms with E-state index < -0.39 is 0 Å². The van der Waals surface area contributed by atoms with Gasteiger partial charge in [-0.1, -0.05) is 20.3 Å². The molecule has 150 valence electrons. The third-order valence-electron chi connectivity index (χ3n) is 5.33. The normalized spacial score (nSPS) is 16.2. The lowest BCUT2D eigenvalue weighted by molar-refractivity contribution is -0.133. The average Bonchev–Trinajstić information content (AvgIpc) is 2.70. The van der Waals surface area contributed by atoms with Crippen LogP contribution in [0.25, 0.3) is 0 Å². The molecule has 0 aliphatic carbocycles. The number of aromatic hydroxyl groups is 1. The van der Waals surface area contributed by atoms with E-state index >= 15 is 0 Å². The standard InChI is InChI=1S/C21H32N2O4/c1-4-6-16(5-2)22-11-13-23(14-12-22)21(26)10-8-19(25)18-15-17(24)7-9-20(18)27-3/h7,9,15-16,24H,4-6,8,10-14H2,1-3H3. The summed E-state index contributed by atoms with van der Waals surface area (Å²) in [4.78, 5) is 29.3. The van der Waals surface area contributed by atoms with Crippen molar-refractivity contribution in [3.8, 4) is 11.5 Å². The van der Waals surface area contributed by atoms with Gasteiger partial charge in [0.2, 0.25) is 5.91 Å². The fourth-order valence-electron chi connectivity index (χ4n) is 3.74. The quantitative estimate of drug-likeness (QED) is 0.671. The van der Waals surface area contributed by atoms with E-state index in [9.17, 15) is 14.7 Å². The van der Waals surface area contributed by atoms with Gasteiger partial charge in [-0.3, -0.25) is 14.5 Å². The van der Waals surface area contributed by atoms with Gasteiger partial charge in [-0.2, -0.15) is 0 Å². The number of carbonyl (C=O) groups is 2. The molecule has 0 aromatic heterocycles. The van der Waals surface area contributed by atoms with Crippen LogP contribution in [0.2, 0.25) is 0 Å². The first kappa shape index (κ1) is 21.2. The van der Waals surface area contributed by atoms with Crippen molar-refractivity contribution >= 4 is 11.7 Å². The number of carbonyl (C=O) groups excluding carboxylic acids is 2. The molecule has 27 heavy (non-hydrogen) atoms. The Labute approximate surface area is 162 Å². The maximum absolute atomic E-state index is 12.5. The van der Waals surface area contributed by atoms with E-state index in [1.807, 2.05) is 4.90 Å². The van der Waals surface area contributed by atoms with E-state index in [1.54, 1.807) is 6.07 Å². The van der Waals surface area contributed by atoms with Crippen LogP contribution in [0.3, 0.4) is 0 Å². The lowest BCUT2D eigenvalue weighted by Crippen LogP contribution is -2.51. The van der Waals surface area contributed by atoms with Gasteiger partial charge in [0, 0.05) is 45.1 Å². The van der Waals surface area contributed by atoms with Crippen LogP contribution in [0.4, 0.5) is 0 Å². The summed E-state index contributed by atoms with van der Waals surface area (Å²) in [5, 5.41) is 9.60. The highest BCUT2D eigenvalue weighted by Gasteiger charge is 2.25. The van der Waals surface area contributed by atoms with Crippen LogP contribution in [-0.4, -0.2) is 65.9 Å². The lowest BCUT2D eigenvalue weighted by Gasteiger charge is -2.39. The summed E-state index contributed by atoms with van der Waals surface area (Å²) in [7, 11) is 1.48. The number of Topliss-reactive ketones (excluding diaryl/α,β-unsaturated/α-hetero) is 1. The topological polar surface area (TPSA) is 70.1 Å². The number of ether oxygens (including phenoxy) is 1. The molecule has 1 saturated heterocycles. The van der Waals surface area contributed by atoms with E-state index in [-0.39, 0.29) is 30.3 Å². The molecule has 0 bridgehead atoms. The van der Waals surface area contributed by atoms with E-state index in [1.165, 1.54) is 32.1 Å². The predicted octanol–water partition coefficient (Wildman–Crippen LogP) is 3.09. The van der Waals surface area contributed by atoms with Crippen LogP contribution in [0.1, 0.15) is 56.3 Å². The van der Waals surface area contributed by atoms with Gasteiger partial charge in [-0.25, -0.2) is 0 Å². The molecule has 0 radical (unpaired) electrons. The van der Waals surface area contributed by atoms with Crippen LogP contribution < -0.4 is 4.74 Å². The first-order valence-electron chi connectivity index (χ1n) is 9.92. The monoisotopic (exact) mass is 376 g/mol. The molecule has 1 aliphatic rings. The molecule has 2 rings (SSSR count). The van der Waals surface area contributed by atoms with Gasteiger partial charge in [0.15, 0.2) is 5.78 Å². The Bertz CT molecular complexity index is 639. The largest absolute Gasteiger partial charge is 0.508 e. The predicted molar refractivity (Wildman–Crippen MR) is 105 cm³/mol. The summed E-state index contributed by atoms with van der Waals surface area (Å²) in [5.41, 5.74) is 0.320. The molecule has 0 saturated carbocycles. The zero-order chi connectivity index (χ0) is 19.8. The number of hydrogen-bond acceptors (Lipinski definition) is 5. The van der Waals surface area contributed by atoms with Crippen LogP contribution in [0.5, 0.6) is 11.5 Å². The first-order valence-corrected chi connectivity index (χ1v) is 9.92. The van der Waals surface area contributed by atoms with Crippen molar-refractivity contribution in [3.63, 3.8) is 0 Å². The van der Waals surface area contributed by atoms with Crippen LogP contribution in [0.15, 0.2) is 18.2 Å². The molecule has 1 aliphatic heterocycles. The second-order valence-corrected chi connectivity index (χ2v) is 7.08. The van der Waals surface area contributed by atoms with Crippen molar-refractivity contribution in [2.24, 2.45) is 0 Å². The molecule has 1 N–H and O–H groups in total. The minimum atomic E-state index is -0.191. The number of phenols is 1. The molecular formula is C21H32N2O4. The number of methoxy groups -OCH3 is 1. The fourth-order valence-corrected chi connectivity index (χ4v) is 3.74. The highest BCUT2D eigenvalue weighted by atomic mass is 16.5. The van der Waals surface area contributed by atoms with Crippen molar-refractivity contribution in [1.82, 2.24) is 9.80 Å². The smallest absolute Gasteiger partial charge is 0.223 e. The molecule has 1 aromatic carbocycles. The molecule has 6 heteroatoms. The van der Waals surface area contributed by atoms with E-state index in [0.29, 0.717) is 17.4 Å². The summed E-state index contributed by atoms with van der Waals surface area (Å²) in [6.07, 6.45) is 3.82. The number of nitrogens with zero attached hydrogens (tertiary/aromatic N) is 2. The van der Waals surface area contributed by atoms with Crippen LogP contribution in [0, 0.1) is 0 Å². The number of amides is 1. The Kier molecular flexibility index (Phi) is 8.10. The molecule has 1 heterocycles. The Morgan fingerprint density at radius 3 is 2.44 bits per heavy atom. The molecule has 0 spiro atoms. The van der Waals surface area contributed by atoms with Crippen molar-refractivity contribution in [2.45, 2.75) is 52.0 Å². The van der Waals surface area contributed by atoms with Crippen LogP contribution >= 0.6 is 0 Å². The van der Waals surface area contributed by atoms with Crippen molar-refractivity contribution in [3.05, 3.63) is 23.8 Å². The minimum Gasteiger partial charge on any atom is -0.508 e. The first-order chi connectivity index (χ1) is 13.0. The van der Waals surface area contributed by atoms with Gasteiger partial charge >= 0.3 is 0 Å². The molecule has 1 unspecified atom stereocenters. The number of rotatable bonds is 9. The van der Waals surface area contributed by atoms with Crippen molar-refractivity contribution < 1.29 is 19.4 Å². The molecule has 1 atom stereocenters. The Morgan fingerprint density at radius 2 is 1.85 bits per heavy atom. The third-order valence-corrected chi connectivity index (χ3v) is 5.33. The highest BCUT2D eigenvalue weighted by Crippen LogP contribution is 2.25. The van der Waals surface area contributed by atoms with Gasteiger partial charge in [-0.05, 0) is 31.0 Å². The zero-order valence-electron chi connectivity index (χ0n) is 16.7. The number of ketones is 1. The molecule has 1 amide bonds. The van der Waals surface area contributed by atoms with Crippen molar-refractivity contribution in [2.75, 3.05) is 33.3 Å². The maximum atomic E-state index is 12.5. The second-order valence-electron chi connectivity index (χ2n) is 7.08. The number of phenolic OH excluding ortho intramolecular Hbond substituents is 1. The summed E-state index contributed by atoms with van der Waals surface area (Å²) < 4.78 is 5.18. The molecule has 6 nitrogen and oxygen atoms in total. The summed E-state index contributed by atoms with van der Waals surface area (Å²) >= 11 is 0. The van der Waals surface area contributed by atoms with E-state index in [2.05, 4.69) is 18.7 Å². The molecule has 1 fully saturated rings. The third kappa shape index (κ3) is 5.70. The van der Waals surface area contributed by atoms with Gasteiger partial charge in [-0.15, -0.1) is 0 Å². The van der Waals surface area contributed by atoms with Gasteiger partial charge in [0.05, 0.1) is 12.7 Å². The highest BCUT2D eigenvalue weighted by molar-refractivity contribution is 6.00. The lowest BCUT2D eigenvalue weighted by atomic mass is 10.0. The second kappa shape index (κ2) is 10.3. The van der Waals surface area contributed by atoms with Gasteiger partial charge in [0.25, 0.3) is 0 Å². The van der Waals surface area contributed by atoms with E-state index in [4.69, 9.17) is 4.74 Å². The Morgan fingerprint density at radius 1 is 1.15 bits per heavy atom. The van der Waals surface area contributed by atoms with Gasteiger partial charge in [0.1, 0.15) is 11.5 Å². The molecule has 1 aromatic rings. The Hall–Kier alpha value is -2.08. The summed E-state index contributed by atoms with van der Waals surface area (Å²) in [6.45, 7) is 7.68. The van der Waals surface area contributed by atoms with Crippen LogP contribution in [-0.2, 0) is 4.79 Å². The number of hydrogen-bond donors (Lipinski definition) is 1. The van der Waals surface area contributed by atoms with E-state index in [0.717, 1.165) is 32.6 Å². The SMILES string of the molecule is CCCC(CC)N1CCN(C(=O)CCC(=O)c2cc(O)ccc2OC)CC1. The fraction of sp³-hybridized carbons (Fsp3) is 0.619. The maximum Gasteiger partial charge on any atom is 0.223 e. The number of benzene rings is 1. The Balaban J connectivity index is 1.85. The number of piperazine rings is 1.